The number of likely N-dealkylation sites (N-methyl/N-ethyl adjacent to an activating group) is 1. The Bertz CT molecular complexity index is 290. The van der Waals surface area contributed by atoms with E-state index in [4.69, 9.17) is 0 Å². The predicted molar refractivity (Wildman–Crippen MR) is 102 cm³/mol. The van der Waals surface area contributed by atoms with Crippen LogP contribution in [0, 0.1) is 0 Å². The molecule has 0 aliphatic carbocycles. The van der Waals surface area contributed by atoms with E-state index in [0.29, 0.717) is 0 Å². The van der Waals surface area contributed by atoms with Crippen LogP contribution in [0.3, 0.4) is 0 Å². The Labute approximate surface area is 146 Å². The van der Waals surface area contributed by atoms with Gasteiger partial charge in [-0.25, -0.2) is 0 Å². The number of unbranched alkanes of at least 4 members (excludes halogenated alkanes) is 7. The van der Waals surface area contributed by atoms with Crippen molar-refractivity contribution in [3.05, 3.63) is 0 Å². The molecular weight excluding hydrogens is 280 g/mol. The van der Waals surface area contributed by atoms with E-state index in [1.807, 2.05) is 0 Å². The highest BCUT2D eigenvalue weighted by Crippen LogP contribution is 2.31. The monoisotopic (exact) mass is 322 g/mol. The highest BCUT2D eigenvalue weighted by molar-refractivity contribution is 4.95. The summed E-state index contributed by atoms with van der Waals surface area (Å²) in [4.78, 5) is 5.57. The third kappa shape index (κ3) is 6.05. The molecule has 0 spiro atoms. The zero-order valence-electron chi connectivity index (χ0n) is 16.2. The van der Waals surface area contributed by atoms with Crippen molar-refractivity contribution in [2.45, 2.75) is 115 Å². The molecule has 0 radical (unpaired) electrons. The summed E-state index contributed by atoms with van der Waals surface area (Å²) in [5.74, 6) is 0. The molecular formula is C21H42N2. The van der Waals surface area contributed by atoms with Crippen molar-refractivity contribution in [1.29, 1.82) is 0 Å². The van der Waals surface area contributed by atoms with Gasteiger partial charge >= 0.3 is 0 Å². The van der Waals surface area contributed by atoms with E-state index < -0.39 is 0 Å². The Hall–Kier alpha value is -0.0800. The second kappa shape index (κ2) is 10.7. The van der Waals surface area contributed by atoms with Gasteiger partial charge in [-0.3, -0.25) is 9.80 Å². The first kappa shape index (κ1) is 19.2. The number of rotatable bonds is 12. The van der Waals surface area contributed by atoms with Crippen LogP contribution in [0.2, 0.25) is 0 Å². The average Bonchev–Trinajstić information content (AvgIpc) is 2.77. The Morgan fingerprint density at radius 2 is 1.22 bits per heavy atom. The lowest BCUT2D eigenvalue weighted by Gasteiger charge is -2.43. The molecule has 136 valence electrons. The molecule has 2 heteroatoms. The Kier molecular flexibility index (Phi) is 8.97. The molecule has 2 saturated heterocycles. The molecule has 2 aliphatic rings. The molecule has 0 amide bonds. The van der Waals surface area contributed by atoms with Gasteiger partial charge in [0.2, 0.25) is 0 Å². The summed E-state index contributed by atoms with van der Waals surface area (Å²) >= 11 is 0. The van der Waals surface area contributed by atoms with Crippen molar-refractivity contribution in [2.24, 2.45) is 0 Å². The summed E-state index contributed by atoms with van der Waals surface area (Å²) in [6.45, 7) is 7.33. The third-order valence-corrected chi connectivity index (χ3v) is 6.42. The van der Waals surface area contributed by atoms with Crippen LogP contribution in [0.15, 0.2) is 0 Å². The quantitative estimate of drug-likeness (QED) is 0.440. The van der Waals surface area contributed by atoms with E-state index in [0.717, 1.165) is 18.1 Å². The molecule has 2 aliphatic heterocycles. The lowest BCUT2D eigenvalue weighted by Crippen LogP contribution is -2.54. The maximum atomic E-state index is 2.90. The minimum Gasteiger partial charge on any atom is -0.298 e. The van der Waals surface area contributed by atoms with Crippen molar-refractivity contribution in [3.8, 4) is 0 Å². The number of nitrogens with zero attached hydrogens (tertiary/aromatic N) is 2. The molecule has 2 nitrogen and oxygen atoms in total. The minimum atomic E-state index is 0.854. The van der Waals surface area contributed by atoms with Gasteiger partial charge in [0.15, 0.2) is 0 Å². The highest BCUT2D eigenvalue weighted by Gasteiger charge is 2.39. The summed E-state index contributed by atoms with van der Waals surface area (Å²) in [6.07, 6.45) is 18.6. The molecule has 0 aromatic carbocycles. The fraction of sp³-hybridized carbons (Fsp3) is 1.00. The van der Waals surface area contributed by atoms with Gasteiger partial charge < -0.3 is 0 Å². The SMILES string of the molecule is CCCCCCCC(CCCCCC)N1CC2CCC(C1)N2C. The van der Waals surface area contributed by atoms with Crippen LogP contribution in [-0.2, 0) is 0 Å². The smallest absolute Gasteiger partial charge is 0.0224 e. The first-order valence-corrected chi connectivity index (χ1v) is 10.7. The fourth-order valence-electron chi connectivity index (χ4n) is 4.74. The van der Waals surface area contributed by atoms with Crippen LogP contribution in [0.4, 0.5) is 0 Å². The van der Waals surface area contributed by atoms with Gasteiger partial charge in [-0.05, 0) is 32.7 Å². The molecule has 0 aromatic heterocycles. The van der Waals surface area contributed by atoms with E-state index in [-0.39, 0.29) is 0 Å². The highest BCUT2D eigenvalue weighted by atomic mass is 15.3. The first-order chi connectivity index (χ1) is 11.3. The molecule has 0 aromatic rings. The molecule has 2 rings (SSSR count). The fourth-order valence-corrected chi connectivity index (χ4v) is 4.74. The van der Waals surface area contributed by atoms with E-state index in [1.54, 1.807) is 0 Å². The van der Waals surface area contributed by atoms with E-state index in [2.05, 4.69) is 30.7 Å². The van der Waals surface area contributed by atoms with Crippen LogP contribution < -0.4 is 0 Å². The van der Waals surface area contributed by atoms with Crippen LogP contribution in [-0.4, -0.2) is 48.1 Å². The van der Waals surface area contributed by atoms with Gasteiger partial charge in [0.05, 0.1) is 0 Å². The standard InChI is InChI=1S/C21H42N2/c1-4-6-8-10-12-14-19(13-11-9-7-5-2)23-17-20-15-16-21(18-23)22(20)3/h19-21H,4-18H2,1-3H3. The van der Waals surface area contributed by atoms with Crippen LogP contribution in [0.25, 0.3) is 0 Å². The van der Waals surface area contributed by atoms with Crippen molar-refractivity contribution >= 4 is 0 Å². The Morgan fingerprint density at radius 3 is 1.74 bits per heavy atom. The summed E-state index contributed by atoms with van der Waals surface area (Å²) in [6, 6.07) is 2.59. The van der Waals surface area contributed by atoms with E-state index in [9.17, 15) is 0 Å². The summed E-state index contributed by atoms with van der Waals surface area (Å²) in [7, 11) is 2.36. The molecule has 23 heavy (non-hydrogen) atoms. The van der Waals surface area contributed by atoms with Crippen molar-refractivity contribution in [3.63, 3.8) is 0 Å². The molecule has 3 atom stereocenters. The van der Waals surface area contributed by atoms with Gasteiger partial charge in [-0.2, -0.15) is 0 Å². The maximum absolute atomic E-state index is 2.90. The average molecular weight is 323 g/mol. The summed E-state index contributed by atoms with van der Waals surface area (Å²) in [5, 5.41) is 0. The van der Waals surface area contributed by atoms with Crippen LogP contribution in [0.1, 0.15) is 97.3 Å². The number of piperazine rings is 1. The predicted octanol–water partition coefficient (Wildman–Crippen LogP) is 5.46. The number of likely N-dealkylation sites (tertiary alicyclic amines) is 1. The van der Waals surface area contributed by atoms with Gasteiger partial charge in [-0.15, -0.1) is 0 Å². The summed E-state index contributed by atoms with van der Waals surface area (Å²) in [5.41, 5.74) is 0. The van der Waals surface area contributed by atoms with Gasteiger partial charge in [0, 0.05) is 31.2 Å². The Balaban J connectivity index is 1.77. The van der Waals surface area contributed by atoms with Crippen molar-refractivity contribution in [1.82, 2.24) is 9.80 Å². The summed E-state index contributed by atoms with van der Waals surface area (Å²) < 4.78 is 0. The lowest BCUT2D eigenvalue weighted by atomic mass is 9.98. The first-order valence-electron chi connectivity index (χ1n) is 10.7. The maximum Gasteiger partial charge on any atom is 0.0224 e. The number of fused-ring (bicyclic) bond motifs is 2. The van der Waals surface area contributed by atoms with Crippen molar-refractivity contribution in [2.75, 3.05) is 20.1 Å². The van der Waals surface area contributed by atoms with Crippen molar-refractivity contribution < 1.29 is 0 Å². The molecule has 3 unspecified atom stereocenters. The third-order valence-electron chi connectivity index (χ3n) is 6.42. The number of hydrogen-bond acceptors (Lipinski definition) is 2. The van der Waals surface area contributed by atoms with Crippen LogP contribution in [0.5, 0.6) is 0 Å². The zero-order valence-corrected chi connectivity index (χ0v) is 16.2. The molecule has 0 saturated carbocycles. The van der Waals surface area contributed by atoms with Gasteiger partial charge in [0.1, 0.15) is 0 Å². The normalized spacial score (nSPS) is 26.7. The zero-order chi connectivity index (χ0) is 16.5. The van der Waals surface area contributed by atoms with Gasteiger partial charge in [0.25, 0.3) is 0 Å². The molecule has 2 heterocycles. The minimum absolute atomic E-state index is 0.854. The lowest BCUT2D eigenvalue weighted by molar-refractivity contribution is 0.0501. The molecule has 0 N–H and O–H groups in total. The number of hydrogen-bond donors (Lipinski definition) is 0. The Morgan fingerprint density at radius 1 is 0.739 bits per heavy atom. The molecule has 2 bridgehead atoms. The second-order valence-electron chi connectivity index (χ2n) is 8.21. The second-order valence-corrected chi connectivity index (χ2v) is 8.21. The topological polar surface area (TPSA) is 6.48 Å². The van der Waals surface area contributed by atoms with Gasteiger partial charge in [-0.1, -0.05) is 71.6 Å². The van der Waals surface area contributed by atoms with E-state index in [1.165, 1.54) is 96.6 Å². The largest absolute Gasteiger partial charge is 0.298 e. The van der Waals surface area contributed by atoms with E-state index >= 15 is 0 Å². The van der Waals surface area contributed by atoms with Crippen LogP contribution >= 0.6 is 0 Å². The molecule has 2 fully saturated rings.